The second-order valence-corrected chi connectivity index (χ2v) is 4.87. The highest BCUT2D eigenvalue weighted by Gasteiger charge is 2.12. The molecule has 1 unspecified atom stereocenters. The van der Waals surface area contributed by atoms with Crippen LogP contribution in [0, 0.1) is 0 Å². The van der Waals surface area contributed by atoms with E-state index in [1.807, 2.05) is 13.8 Å². The summed E-state index contributed by atoms with van der Waals surface area (Å²) in [4.78, 5) is 0. The fourth-order valence-electron chi connectivity index (χ4n) is 2.12. The summed E-state index contributed by atoms with van der Waals surface area (Å²) in [5.41, 5.74) is 1.36. The molecule has 2 rings (SSSR count). The Kier molecular flexibility index (Phi) is 4.40. The average Bonchev–Trinajstić information content (AvgIpc) is 2.32. The topological polar surface area (TPSA) is 33.3 Å². The predicted octanol–water partition coefficient (Wildman–Crippen LogP) is 1.58. The van der Waals surface area contributed by atoms with Gasteiger partial charge in [-0.2, -0.15) is 0 Å². The first-order valence-electron chi connectivity index (χ1n) is 6.44. The Morgan fingerprint density at radius 3 is 2.59 bits per heavy atom. The van der Waals surface area contributed by atoms with Gasteiger partial charge in [-0.3, -0.25) is 0 Å². The van der Waals surface area contributed by atoms with Crippen molar-refractivity contribution in [3.8, 4) is 5.75 Å². The standard InChI is InChI=1S/C14H22N2O/c1-11(2)17-14-5-3-12(4-6-14)9-13-10-15-7-8-16-13/h3-6,11,13,15-16H,7-10H2,1-2H3. The van der Waals surface area contributed by atoms with Crippen molar-refractivity contribution in [2.45, 2.75) is 32.4 Å². The van der Waals surface area contributed by atoms with Crippen molar-refractivity contribution < 1.29 is 4.74 Å². The zero-order valence-corrected chi connectivity index (χ0v) is 10.7. The van der Waals surface area contributed by atoms with Crippen molar-refractivity contribution in [3.05, 3.63) is 29.8 Å². The van der Waals surface area contributed by atoms with Gasteiger partial charge in [-0.25, -0.2) is 0 Å². The van der Waals surface area contributed by atoms with Crippen LogP contribution in [-0.4, -0.2) is 31.8 Å². The Morgan fingerprint density at radius 2 is 2.00 bits per heavy atom. The van der Waals surface area contributed by atoms with Crippen molar-refractivity contribution in [2.75, 3.05) is 19.6 Å². The molecule has 0 amide bonds. The normalized spacial score (nSPS) is 20.5. The van der Waals surface area contributed by atoms with Gasteiger partial charge in [-0.1, -0.05) is 12.1 Å². The van der Waals surface area contributed by atoms with Gasteiger partial charge in [0.15, 0.2) is 0 Å². The molecule has 1 aliphatic heterocycles. The molecule has 0 bridgehead atoms. The van der Waals surface area contributed by atoms with Gasteiger partial charge in [0.1, 0.15) is 5.75 Å². The molecule has 1 heterocycles. The molecule has 94 valence electrons. The Balaban J connectivity index is 1.88. The number of ether oxygens (including phenoxy) is 1. The lowest BCUT2D eigenvalue weighted by atomic mass is 10.0. The van der Waals surface area contributed by atoms with Gasteiger partial charge in [-0.15, -0.1) is 0 Å². The van der Waals surface area contributed by atoms with Gasteiger partial charge in [0.05, 0.1) is 6.10 Å². The lowest BCUT2D eigenvalue weighted by Gasteiger charge is -2.24. The van der Waals surface area contributed by atoms with E-state index in [0.717, 1.165) is 31.8 Å². The van der Waals surface area contributed by atoms with Crippen LogP contribution in [0.5, 0.6) is 5.75 Å². The summed E-state index contributed by atoms with van der Waals surface area (Å²) in [5, 5.41) is 6.93. The Hall–Kier alpha value is -1.06. The van der Waals surface area contributed by atoms with E-state index >= 15 is 0 Å². The number of hydrogen-bond acceptors (Lipinski definition) is 3. The molecule has 1 atom stereocenters. The molecular formula is C14H22N2O. The molecule has 1 aromatic rings. The second-order valence-electron chi connectivity index (χ2n) is 4.87. The zero-order valence-electron chi connectivity index (χ0n) is 10.7. The monoisotopic (exact) mass is 234 g/mol. The maximum atomic E-state index is 5.63. The van der Waals surface area contributed by atoms with Gasteiger partial charge in [0.25, 0.3) is 0 Å². The van der Waals surface area contributed by atoms with Crippen molar-refractivity contribution in [1.82, 2.24) is 10.6 Å². The fraction of sp³-hybridized carbons (Fsp3) is 0.571. The maximum Gasteiger partial charge on any atom is 0.119 e. The van der Waals surface area contributed by atoms with Crippen molar-refractivity contribution in [1.29, 1.82) is 0 Å². The van der Waals surface area contributed by atoms with Gasteiger partial charge in [0.2, 0.25) is 0 Å². The quantitative estimate of drug-likeness (QED) is 0.830. The minimum atomic E-state index is 0.241. The van der Waals surface area contributed by atoms with Crippen molar-refractivity contribution in [2.24, 2.45) is 0 Å². The summed E-state index contributed by atoms with van der Waals surface area (Å²) in [6, 6.07) is 9.00. The summed E-state index contributed by atoms with van der Waals surface area (Å²) in [6.07, 6.45) is 1.32. The molecule has 17 heavy (non-hydrogen) atoms. The number of nitrogens with one attached hydrogen (secondary N) is 2. The minimum Gasteiger partial charge on any atom is -0.491 e. The van der Waals surface area contributed by atoms with Crippen molar-refractivity contribution >= 4 is 0 Å². The number of benzene rings is 1. The van der Waals surface area contributed by atoms with E-state index in [-0.39, 0.29) is 6.10 Å². The molecule has 1 aromatic carbocycles. The molecule has 3 heteroatoms. The third kappa shape index (κ3) is 4.02. The highest BCUT2D eigenvalue weighted by atomic mass is 16.5. The summed E-state index contributed by atoms with van der Waals surface area (Å²) >= 11 is 0. The number of piperazine rings is 1. The van der Waals surface area contributed by atoms with E-state index in [2.05, 4.69) is 34.9 Å². The third-order valence-corrected chi connectivity index (χ3v) is 2.90. The smallest absolute Gasteiger partial charge is 0.119 e. The summed E-state index contributed by atoms with van der Waals surface area (Å²) in [5.74, 6) is 0.957. The maximum absolute atomic E-state index is 5.63. The molecule has 0 saturated carbocycles. The van der Waals surface area contributed by atoms with Crippen LogP contribution < -0.4 is 15.4 Å². The molecule has 1 aliphatic rings. The predicted molar refractivity (Wildman–Crippen MR) is 70.6 cm³/mol. The van der Waals surface area contributed by atoms with Gasteiger partial charge in [-0.05, 0) is 38.0 Å². The van der Waals surface area contributed by atoms with Gasteiger partial charge in [0, 0.05) is 25.7 Å². The van der Waals surface area contributed by atoms with Crippen molar-refractivity contribution in [3.63, 3.8) is 0 Å². The molecule has 0 aromatic heterocycles. The van der Waals surface area contributed by atoms with E-state index in [9.17, 15) is 0 Å². The van der Waals surface area contributed by atoms with Crippen LogP contribution in [-0.2, 0) is 6.42 Å². The largest absolute Gasteiger partial charge is 0.491 e. The Labute approximate surface area is 104 Å². The molecule has 3 nitrogen and oxygen atoms in total. The average molecular weight is 234 g/mol. The molecular weight excluding hydrogens is 212 g/mol. The first-order valence-corrected chi connectivity index (χ1v) is 6.44. The first kappa shape index (κ1) is 12.4. The highest BCUT2D eigenvalue weighted by Crippen LogP contribution is 2.15. The number of hydrogen-bond donors (Lipinski definition) is 2. The van der Waals surface area contributed by atoms with Gasteiger partial charge < -0.3 is 15.4 Å². The zero-order chi connectivity index (χ0) is 12.1. The molecule has 0 aliphatic carbocycles. The summed E-state index contributed by atoms with van der Waals surface area (Å²) in [6.45, 7) is 7.30. The first-order chi connectivity index (χ1) is 8.24. The molecule has 2 N–H and O–H groups in total. The van der Waals surface area contributed by atoms with Crippen LogP contribution in [0.15, 0.2) is 24.3 Å². The lowest BCUT2D eigenvalue weighted by molar-refractivity contribution is 0.242. The molecule has 0 spiro atoms. The van der Waals surface area contributed by atoms with Crippen LogP contribution in [0.1, 0.15) is 19.4 Å². The van der Waals surface area contributed by atoms with Crippen LogP contribution in [0.4, 0.5) is 0 Å². The lowest BCUT2D eigenvalue weighted by Crippen LogP contribution is -2.49. The van der Waals surface area contributed by atoms with E-state index in [0.29, 0.717) is 6.04 Å². The Morgan fingerprint density at radius 1 is 1.24 bits per heavy atom. The minimum absolute atomic E-state index is 0.241. The van der Waals surface area contributed by atoms with E-state index in [1.165, 1.54) is 5.56 Å². The van der Waals surface area contributed by atoms with Crippen LogP contribution >= 0.6 is 0 Å². The molecule has 1 fully saturated rings. The van der Waals surface area contributed by atoms with Crippen LogP contribution in [0.2, 0.25) is 0 Å². The highest BCUT2D eigenvalue weighted by molar-refractivity contribution is 5.28. The number of rotatable bonds is 4. The summed E-state index contributed by atoms with van der Waals surface area (Å²) < 4.78 is 5.63. The van der Waals surface area contributed by atoms with Crippen LogP contribution in [0.25, 0.3) is 0 Å². The van der Waals surface area contributed by atoms with Crippen LogP contribution in [0.3, 0.4) is 0 Å². The summed E-state index contributed by atoms with van der Waals surface area (Å²) in [7, 11) is 0. The SMILES string of the molecule is CC(C)Oc1ccc(CC2CNCCN2)cc1. The molecule has 0 radical (unpaired) electrons. The third-order valence-electron chi connectivity index (χ3n) is 2.90. The Bertz CT molecular complexity index is 329. The second kappa shape index (κ2) is 6.03. The fourth-order valence-corrected chi connectivity index (χ4v) is 2.12. The van der Waals surface area contributed by atoms with E-state index in [1.54, 1.807) is 0 Å². The van der Waals surface area contributed by atoms with Gasteiger partial charge >= 0.3 is 0 Å². The van der Waals surface area contributed by atoms with E-state index in [4.69, 9.17) is 4.74 Å². The van der Waals surface area contributed by atoms with E-state index < -0.39 is 0 Å². The molecule has 1 saturated heterocycles.